The summed E-state index contributed by atoms with van der Waals surface area (Å²) in [7, 11) is 1.41. The van der Waals surface area contributed by atoms with Gasteiger partial charge in [0.25, 0.3) is 0 Å². The molecule has 0 aliphatic carbocycles. The molecule has 1 aromatic heterocycles. The molecule has 1 heterocycles. The molecule has 23 heavy (non-hydrogen) atoms. The zero-order chi connectivity index (χ0) is 17.0. The number of aryl methyl sites for hydroxylation is 1. The summed E-state index contributed by atoms with van der Waals surface area (Å²) >= 11 is 0. The van der Waals surface area contributed by atoms with Gasteiger partial charge in [0.2, 0.25) is 5.91 Å². The van der Waals surface area contributed by atoms with Gasteiger partial charge in [-0.2, -0.15) is 0 Å². The molecule has 2 rings (SSSR count). The van der Waals surface area contributed by atoms with Crippen LogP contribution in [0.5, 0.6) is 5.75 Å². The van der Waals surface area contributed by atoms with Crippen LogP contribution >= 0.6 is 0 Å². The topological polar surface area (TPSA) is 51.2 Å². The summed E-state index contributed by atoms with van der Waals surface area (Å²) in [5.74, 6) is -0.486. The molecule has 1 aromatic carbocycles. The molecule has 0 atom stereocenters. The lowest BCUT2D eigenvalue weighted by Gasteiger charge is -2.26. The van der Waals surface area contributed by atoms with Gasteiger partial charge in [0.1, 0.15) is 0 Å². The zero-order valence-electron chi connectivity index (χ0n) is 13.8. The van der Waals surface area contributed by atoms with E-state index in [0.717, 1.165) is 11.3 Å². The van der Waals surface area contributed by atoms with Crippen LogP contribution < -0.4 is 10.1 Å². The van der Waals surface area contributed by atoms with Crippen molar-refractivity contribution in [1.82, 2.24) is 10.3 Å². The molecule has 122 valence electrons. The van der Waals surface area contributed by atoms with E-state index in [1.807, 2.05) is 32.9 Å². The van der Waals surface area contributed by atoms with Gasteiger partial charge in [-0.1, -0.05) is 12.1 Å². The first kappa shape index (κ1) is 16.9. The molecule has 1 amide bonds. The second kappa shape index (κ2) is 6.77. The SMILES string of the molecule is COc1ccc(CC(=O)NC(C)(C)c2ccc(C)nc2)cc1F. The van der Waals surface area contributed by atoms with Crippen molar-refractivity contribution in [1.29, 1.82) is 0 Å². The monoisotopic (exact) mass is 316 g/mol. The Morgan fingerprint density at radius 2 is 2.04 bits per heavy atom. The van der Waals surface area contributed by atoms with E-state index in [4.69, 9.17) is 4.74 Å². The molecule has 4 nitrogen and oxygen atoms in total. The normalized spacial score (nSPS) is 11.2. The van der Waals surface area contributed by atoms with Crippen molar-refractivity contribution in [3.63, 3.8) is 0 Å². The highest BCUT2D eigenvalue weighted by Crippen LogP contribution is 2.21. The molecule has 0 unspecified atom stereocenters. The molecule has 0 bridgehead atoms. The quantitative estimate of drug-likeness (QED) is 0.922. The van der Waals surface area contributed by atoms with E-state index in [2.05, 4.69) is 10.3 Å². The van der Waals surface area contributed by atoms with Crippen molar-refractivity contribution in [2.24, 2.45) is 0 Å². The number of nitrogens with zero attached hydrogens (tertiary/aromatic N) is 1. The number of amides is 1. The van der Waals surface area contributed by atoms with Crippen LogP contribution in [0.1, 0.15) is 30.7 Å². The highest BCUT2D eigenvalue weighted by molar-refractivity contribution is 5.79. The first-order valence-corrected chi connectivity index (χ1v) is 7.38. The minimum atomic E-state index is -0.553. The highest BCUT2D eigenvalue weighted by Gasteiger charge is 2.23. The predicted octanol–water partition coefficient (Wildman–Crippen LogP) is 3.13. The average molecular weight is 316 g/mol. The smallest absolute Gasteiger partial charge is 0.225 e. The number of pyridine rings is 1. The van der Waals surface area contributed by atoms with Crippen molar-refractivity contribution in [2.45, 2.75) is 32.7 Å². The van der Waals surface area contributed by atoms with Crippen LogP contribution in [0.15, 0.2) is 36.5 Å². The number of carbonyl (C=O) groups is 1. The Bertz CT molecular complexity index is 697. The Morgan fingerprint density at radius 3 is 2.61 bits per heavy atom. The van der Waals surface area contributed by atoms with Gasteiger partial charge in [-0.3, -0.25) is 9.78 Å². The number of nitrogens with one attached hydrogen (secondary N) is 1. The molecular weight excluding hydrogens is 295 g/mol. The molecule has 0 aliphatic rings. The first-order valence-electron chi connectivity index (χ1n) is 7.38. The van der Waals surface area contributed by atoms with E-state index >= 15 is 0 Å². The third-order valence-electron chi connectivity index (χ3n) is 3.67. The minimum Gasteiger partial charge on any atom is -0.494 e. The average Bonchev–Trinajstić information content (AvgIpc) is 2.47. The second-order valence-corrected chi connectivity index (χ2v) is 6.01. The fourth-order valence-corrected chi connectivity index (χ4v) is 2.31. The number of rotatable bonds is 5. The van der Waals surface area contributed by atoms with Gasteiger partial charge in [-0.05, 0) is 50.1 Å². The van der Waals surface area contributed by atoms with Crippen molar-refractivity contribution < 1.29 is 13.9 Å². The summed E-state index contributed by atoms with van der Waals surface area (Å²) in [4.78, 5) is 16.5. The van der Waals surface area contributed by atoms with Gasteiger partial charge in [-0.25, -0.2) is 4.39 Å². The molecule has 2 aromatic rings. The van der Waals surface area contributed by atoms with Gasteiger partial charge in [0.05, 0.1) is 19.1 Å². The van der Waals surface area contributed by atoms with Crippen LogP contribution in [-0.4, -0.2) is 18.0 Å². The van der Waals surface area contributed by atoms with Crippen LogP contribution in [0.25, 0.3) is 0 Å². The Morgan fingerprint density at radius 1 is 1.30 bits per heavy atom. The zero-order valence-corrected chi connectivity index (χ0v) is 13.8. The van der Waals surface area contributed by atoms with E-state index < -0.39 is 11.4 Å². The Kier molecular flexibility index (Phi) is 4.98. The van der Waals surface area contributed by atoms with E-state index in [-0.39, 0.29) is 18.1 Å². The summed E-state index contributed by atoms with van der Waals surface area (Å²) < 4.78 is 18.5. The van der Waals surface area contributed by atoms with E-state index in [0.29, 0.717) is 5.56 Å². The number of hydrogen-bond donors (Lipinski definition) is 1. The number of carbonyl (C=O) groups excluding carboxylic acids is 1. The fraction of sp³-hybridized carbons (Fsp3) is 0.333. The highest BCUT2D eigenvalue weighted by atomic mass is 19.1. The van der Waals surface area contributed by atoms with Gasteiger partial charge in [0, 0.05) is 11.9 Å². The number of hydrogen-bond acceptors (Lipinski definition) is 3. The molecule has 0 radical (unpaired) electrons. The van der Waals surface area contributed by atoms with Gasteiger partial charge in [0.15, 0.2) is 11.6 Å². The molecule has 0 saturated carbocycles. The van der Waals surface area contributed by atoms with Crippen LogP contribution in [0.4, 0.5) is 4.39 Å². The summed E-state index contributed by atoms with van der Waals surface area (Å²) in [5, 5.41) is 2.96. The van der Waals surface area contributed by atoms with E-state index in [1.165, 1.54) is 19.2 Å². The van der Waals surface area contributed by atoms with Crippen LogP contribution in [0, 0.1) is 12.7 Å². The van der Waals surface area contributed by atoms with Gasteiger partial charge >= 0.3 is 0 Å². The van der Waals surface area contributed by atoms with Crippen LogP contribution in [0.3, 0.4) is 0 Å². The number of methoxy groups -OCH3 is 1. The van der Waals surface area contributed by atoms with Crippen LogP contribution in [0.2, 0.25) is 0 Å². The van der Waals surface area contributed by atoms with Gasteiger partial charge in [-0.15, -0.1) is 0 Å². The summed E-state index contributed by atoms with van der Waals surface area (Å²) in [6.07, 6.45) is 1.85. The fourth-order valence-electron chi connectivity index (χ4n) is 2.31. The Hall–Kier alpha value is -2.43. The molecule has 1 N–H and O–H groups in total. The summed E-state index contributed by atoms with van der Waals surface area (Å²) in [6, 6.07) is 8.37. The molecule has 0 aliphatic heterocycles. The summed E-state index contributed by atoms with van der Waals surface area (Å²) in [6.45, 7) is 5.73. The van der Waals surface area contributed by atoms with Crippen molar-refractivity contribution in [3.05, 3.63) is 59.2 Å². The lowest BCUT2D eigenvalue weighted by atomic mass is 9.95. The van der Waals surface area contributed by atoms with Gasteiger partial charge < -0.3 is 10.1 Å². The number of halogens is 1. The predicted molar refractivity (Wildman–Crippen MR) is 86.8 cm³/mol. The first-order chi connectivity index (χ1) is 10.8. The van der Waals surface area contributed by atoms with E-state index in [9.17, 15) is 9.18 Å². The molecule has 0 spiro atoms. The maximum atomic E-state index is 13.7. The van der Waals surface area contributed by atoms with Crippen LogP contribution in [-0.2, 0) is 16.8 Å². The van der Waals surface area contributed by atoms with Crippen molar-refractivity contribution in [2.75, 3.05) is 7.11 Å². The molecule has 5 heteroatoms. The molecular formula is C18H21FN2O2. The largest absolute Gasteiger partial charge is 0.494 e. The standard InChI is InChI=1S/C18H21FN2O2/c1-12-5-7-14(11-20-12)18(2,3)21-17(22)10-13-6-8-16(23-4)15(19)9-13/h5-9,11H,10H2,1-4H3,(H,21,22). The Balaban J connectivity index is 2.06. The Labute approximate surface area is 135 Å². The third kappa shape index (κ3) is 4.28. The number of aromatic nitrogens is 1. The maximum absolute atomic E-state index is 13.7. The third-order valence-corrected chi connectivity index (χ3v) is 3.67. The summed E-state index contributed by atoms with van der Waals surface area (Å²) in [5.41, 5.74) is 1.88. The lowest BCUT2D eigenvalue weighted by molar-refractivity contribution is -0.122. The number of ether oxygens (including phenoxy) is 1. The minimum absolute atomic E-state index is 0.101. The lowest BCUT2D eigenvalue weighted by Crippen LogP contribution is -2.41. The number of benzene rings is 1. The second-order valence-electron chi connectivity index (χ2n) is 6.01. The van der Waals surface area contributed by atoms with Crippen molar-refractivity contribution in [3.8, 4) is 5.75 Å². The molecule has 0 saturated heterocycles. The van der Waals surface area contributed by atoms with Crippen molar-refractivity contribution >= 4 is 5.91 Å². The maximum Gasteiger partial charge on any atom is 0.225 e. The van der Waals surface area contributed by atoms with E-state index in [1.54, 1.807) is 12.3 Å². The molecule has 0 fully saturated rings.